The maximum absolute atomic E-state index is 5.58. The van der Waals surface area contributed by atoms with E-state index in [-0.39, 0.29) is 0 Å². The molecule has 0 aliphatic carbocycles. The third-order valence-corrected chi connectivity index (χ3v) is 2.81. The zero-order valence-corrected chi connectivity index (χ0v) is 9.56. The molecule has 0 amide bonds. The minimum Gasteiger partial charge on any atom is -0.496 e. The standard InChI is InChI=1S/C10H12BrNO2/c1-13-10-4-7-6-12-2-3-14-9(7)5-8(10)11/h4-5,12H,2-3,6H2,1H3. The number of ether oxygens (including phenoxy) is 2. The number of rotatable bonds is 1. The van der Waals surface area contributed by atoms with Crippen molar-refractivity contribution >= 4 is 15.9 Å². The molecular weight excluding hydrogens is 246 g/mol. The van der Waals surface area contributed by atoms with E-state index in [1.165, 1.54) is 0 Å². The van der Waals surface area contributed by atoms with Gasteiger partial charge in [0, 0.05) is 18.7 Å². The highest BCUT2D eigenvalue weighted by molar-refractivity contribution is 9.10. The van der Waals surface area contributed by atoms with Crippen LogP contribution in [0.25, 0.3) is 0 Å². The largest absolute Gasteiger partial charge is 0.496 e. The molecule has 1 aliphatic rings. The van der Waals surface area contributed by atoms with Crippen molar-refractivity contribution in [2.45, 2.75) is 6.54 Å². The fraction of sp³-hybridized carbons (Fsp3) is 0.400. The van der Waals surface area contributed by atoms with Crippen LogP contribution in [0.4, 0.5) is 0 Å². The average molecular weight is 258 g/mol. The summed E-state index contributed by atoms with van der Waals surface area (Å²) in [6.07, 6.45) is 0. The molecule has 0 fully saturated rings. The van der Waals surface area contributed by atoms with Gasteiger partial charge in [0.1, 0.15) is 18.1 Å². The molecule has 2 rings (SSSR count). The lowest BCUT2D eigenvalue weighted by atomic mass is 10.2. The van der Waals surface area contributed by atoms with Gasteiger partial charge in [0.05, 0.1) is 11.6 Å². The summed E-state index contributed by atoms with van der Waals surface area (Å²) >= 11 is 3.44. The first-order chi connectivity index (χ1) is 6.81. The van der Waals surface area contributed by atoms with Gasteiger partial charge in [0.25, 0.3) is 0 Å². The number of hydrogen-bond donors (Lipinski definition) is 1. The normalized spacial score (nSPS) is 15.3. The highest BCUT2D eigenvalue weighted by atomic mass is 79.9. The monoisotopic (exact) mass is 257 g/mol. The topological polar surface area (TPSA) is 30.5 Å². The summed E-state index contributed by atoms with van der Waals surface area (Å²) in [5.74, 6) is 1.78. The van der Waals surface area contributed by atoms with E-state index in [4.69, 9.17) is 9.47 Å². The molecule has 1 aromatic rings. The van der Waals surface area contributed by atoms with Crippen LogP contribution in [-0.4, -0.2) is 20.3 Å². The van der Waals surface area contributed by atoms with Crippen LogP contribution in [0.5, 0.6) is 11.5 Å². The summed E-state index contributed by atoms with van der Waals surface area (Å²) in [5.41, 5.74) is 1.14. The summed E-state index contributed by atoms with van der Waals surface area (Å²) in [4.78, 5) is 0. The van der Waals surface area contributed by atoms with Gasteiger partial charge in [-0.25, -0.2) is 0 Å². The molecule has 0 unspecified atom stereocenters. The number of fused-ring (bicyclic) bond motifs is 1. The Bertz CT molecular complexity index is 341. The Morgan fingerprint density at radius 2 is 2.36 bits per heavy atom. The molecule has 1 N–H and O–H groups in total. The zero-order valence-electron chi connectivity index (χ0n) is 7.97. The van der Waals surface area contributed by atoms with Crippen molar-refractivity contribution < 1.29 is 9.47 Å². The summed E-state index contributed by atoms with van der Waals surface area (Å²) in [6, 6.07) is 3.96. The molecule has 1 aromatic carbocycles. The van der Waals surface area contributed by atoms with Gasteiger partial charge in [-0.1, -0.05) is 0 Å². The number of halogens is 1. The van der Waals surface area contributed by atoms with Crippen LogP contribution >= 0.6 is 15.9 Å². The molecule has 4 heteroatoms. The first-order valence-corrected chi connectivity index (χ1v) is 5.30. The molecule has 0 saturated heterocycles. The van der Waals surface area contributed by atoms with E-state index in [1.54, 1.807) is 7.11 Å². The van der Waals surface area contributed by atoms with Crippen LogP contribution in [-0.2, 0) is 6.54 Å². The maximum atomic E-state index is 5.58. The minimum absolute atomic E-state index is 0.714. The van der Waals surface area contributed by atoms with Crippen LogP contribution in [0.2, 0.25) is 0 Å². The van der Waals surface area contributed by atoms with E-state index in [9.17, 15) is 0 Å². The van der Waals surface area contributed by atoms with Crippen molar-refractivity contribution in [3.63, 3.8) is 0 Å². The van der Waals surface area contributed by atoms with E-state index < -0.39 is 0 Å². The summed E-state index contributed by atoms with van der Waals surface area (Å²) < 4.78 is 11.7. The Morgan fingerprint density at radius 1 is 1.50 bits per heavy atom. The molecule has 0 bridgehead atoms. The van der Waals surface area contributed by atoms with Crippen molar-refractivity contribution in [2.75, 3.05) is 20.3 Å². The Labute approximate surface area is 91.5 Å². The fourth-order valence-electron chi connectivity index (χ4n) is 1.46. The SMILES string of the molecule is COc1cc2c(cc1Br)OCCNC2. The molecule has 1 heterocycles. The number of nitrogens with one attached hydrogen (secondary N) is 1. The van der Waals surface area contributed by atoms with Crippen molar-refractivity contribution in [3.8, 4) is 11.5 Å². The maximum Gasteiger partial charge on any atom is 0.133 e. The summed E-state index contributed by atoms with van der Waals surface area (Å²) in [6.45, 7) is 2.43. The second-order valence-corrected chi connectivity index (χ2v) is 3.97. The van der Waals surface area contributed by atoms with Crippen LogP contribution in [0.15, 0.2) is 16.6 Å². The fourth-order valence-corrected chi connectivity index (χ4v) is 1.95. The van der Waals surface area contributed by atoms with E-state index >= 15 is 0 Å². The Balaban J connectivity index is 2.41. The third-order valence-electron chi connectivity index (χ3n) is 2.19. The number of methoxy groups -OCH3 is 1. The molecule has 3 nitrogen and oxygen atoms in total. The minimum atomic E-state index is 0.714. The zero-order chi connectivity index (χ0) is 9.97. The van der Waals surface area contributed by atoms with Gasteiger partial charge in [-0.3, -0.25) is 0 Å². The van der Waals surface area contributed by atoms with Gasteiger partial charge in [-0.2, -0.15) is 0 Å². The van der Waals surface area contributed by atoms with Crippen molar-refractivity contribution in [2.24, 2.45) is 0 Å². The number of benzene rings is 1. The van der Waals surface area contributed by atoms with Gasteiger partial charge in [-0.15, -0.1) is 0 Å². The quantitative estimate of drug-likeness (QED) is 0.835. The lowest BCUT2D eigenvalue weighted by Gasteiger charge is -2.10. The van der Waals surface area contributed by atoms with Crippen molar-refractivity contribution in [3.05, 3.63) is 22.2 Å². The van der Waals surface area contributed by atoms with Gasteiger partial charge < -0.3 is 14.8 Å². The molecule has 0 aromatic heterocycles. The molecule has 0 radical (unpaired) electrons. The van der Waals surface area contributed by atoms with Crippen LogP contribution in [0.1, 0.15) is 5.56 Å². The van der Waals surface area contributed by atoms with Gasteiger partial charge in [0.2, 0.25) is 0 Å². The second kappa shape index (κ2) is 4.19. The number of hydrogen-bond acceptors (Lipinski definition) is 3. The summed E-state index contributed by atoms with van der Waals surface area (Å²) in [7, 11) is 1.66. The van der Waals surface area contributed by atoms with Crippen LogP contribution in [0.3, 0.4) is 0 Å². The Kier molecular flexibility index (Phi) is 2.93. The first kappa shape index (κ1) is 9.80. The molecule has 14 heavy (non-hydrogen) atoms. The van der Waals surface area contributed by atoms with E-state index in [2.05, 4.69) is 21.2 Å². The predicted octanol–water partition coefficient (Wildman–Crippen LogP) is 1.94. The van der Waals surface area contributed by atoms with E-state index in [1.807, 2.05) is 12.1 Å². The highest BCUT2D eigenvalue weighted by Gasteiger charge is 2.12. The smallest absolute Gasteiger partial charge is 0.133 e. The highest BCUT2D eigenvalue weighted by Crippen LogP contribution is 2.33. The van der Waals surface area contributed by atoms with Gasteiger partial charge in [0.15, 0.2) is 0 Å². The van der Waals surface area contributed by atoms with Gasteiger partial charge >= 0.3 is 0 Å². The van der Waals surface area contributed by atoms with Gasteiger partial charge in [-0.05, 0) is 28.1 Å². The third kappa shape index (κ3) is 1.86. The van der Waals surface area contributed by atoms with Crippen molar-refractivity contribution in [1.82, 2.24) is 5.32 Å². The van der Waals surface area contributed by atoms with Crippen molar-refractivity contribution in [1.29, 1.82) is 0 Å². The lowest BCUT2D eigenvalue weighted by molar-refractivity contribution is 0.324. The first-order valence-electron chi connectivity index (χ1n) is 4.51. The Morgan fingerprint density at radius 3 is 3.14 bits per heavy atom. The predicted molar refractivity (Wildman–Crippen MR) is 57.9 cm³/mol. The van der Waals surface area contributed by atoms with E-state index in [0.717, 1.165) is 34.6 Å². The molecule has 0 spiro atoms. The second-order valence-electron chi connectivity index (χ2n) is 3.12. The van der Waals surface area contributed by atoms with Crippen LogP contribution in [0, 0.1) is 0 Å². The average Bonchev–Trinajstić information content (AvgIpc) is 2.41. The molecule has 76 valence electrons. The molecule has 0 atom stereocenters. The molecule has 0 saturated carbocycles. The lowest BCUT2D eigenvalue weighted by Crippen LogP contribution is -2.16. The van der Waals surface area contributed by atoms with Crippen LogP contribution < -0.4 is 14.8 Å². The Hall–Kier alpha value is -0.740. The molecular formula is C10H12BrNO2. The van der Waals surface area contributed by atoms with E-state index in [0.29, 0.717) is 6.61 Å². The summed E-state index contributed by atoms with van der Waals surface area (Å²) in [5, 5.41) is 3.28. The molecule has 1 aliphatic heterocycles.